The molecule has 0 spiro atoms. The first-order chi connectivity index (χ1) is 8.92. The molecule has 0 unspecified atom stereocenters. The Kier molecular flexibility index (Phi) is 6.11. The zero-order valence-corrected chi connectivity index (χ0v) is 13.0. The maximum atomic E-state index is 14.0. The molecule has 0 aliphatic heterocycles. The summed E-state index contributed by atoms with van der Waals surface area (Å²) in [6, 6.07) is 0. The van der Waals surface area contributed by atoms with Gasteiger partial charge in [-0.2, -0.15) is 8.78 Å². The van der Waals surface area contributed by atoms with E-state index in [-0.39, 0.29) is 6.61 Å². The largest absolute Gasteiger partial charge is 0.461 e. The Morgan fingerprint density at radius 1 is 1.00 bits per heavy atom. The van der Waals surface area contributed by atoms with Crippen molar-refractivity contribution in [2.24, 2.45) is 5.41 Å². The van der Waals surface area contributed by atoms with Crippen molar-refractivity contribution in [3.05, 3.63) is 0 Å². The van der Waals surface area contributed by atoms with Crippen LogP contribution >= 0.6 is 0 Å². The molecule has 0 bridgehead atoms. The molecule has 0 aliphatic carbocycles. The van der Waals surface area contributed by atoms with Gasteiger partial charge in [0.15, 0.2) is 5.60 Å². The van der Waals surface area contributed by atoms with Gasteiger partial charge >= 0.3 is 17.9 Å². The first-order valence-corrected chi connectivity index (χ1v) is 6.71. The van der Waals surface area contributed by atoms with Crippen molar-refractivity contribution in [2.45, 2.75) is 65.9 Å². The van der Waals surface area contributed by atoms with E-state index in [1.54, 1.807) is 27.7 Å². The second kappa shape index (κ2) is 6.50. The molecule has 4 nitrogen and oxygen atoms in total. The fraction of sp³-hybridized carbons (Fsp3) is 0.857. The van der Waals surface area contributed by atoms with Gasteiger partial charge in [0.05, 0.1) is 12.0 Å². The Balaban J connectivity index is 5.02. The van der Waals surface area contributed by atoms with Crippen LogP contribution in [0.2, 0.25) is 0 Å². The van der Waals surface area contributed by atoms with E-state index in [1.807, 2.05) is 0 Å². The Bertz CT molecular complexity index is 362. The van der Waals surface area contributed by atoms with E-state index in [0.29, 0.717) is 12.8 Å². The lowest BCUT2D eigenvalue weighted by molar-refractivity contribution is -0.222. The third kappa shape index (κ3) is 4.15. The molecule has 0 atom stereocenters. The van der Waals surface area contributed by atoms with Gasteiger partial charge in [0.2, 0.25) is 0 Å². The maximum absolute atomic E-state index is 14.0. The molecule has 0 aromatic heterocycles. The van der Waals surface area contributed by atoms with E-state index >= 15 is 0 Å². The topological polar surface area (TPSA) is 52.6 Å². The van der Waals surface area contributed by atoms with Crippen LogP contribution < -0.4 is 0 Å². The molecule has 0 aromatic rings. The van der Waals surface area contributed by atoms with Crippen molar-refractivity contribution in [1.29, 1.82) is 0 Å². The first-order valence-electron chi connectivity index (χ1n) is 6.71. The van der Waals surface area contributed by atoms with Crippen molar-refractivity contribution < 1.29 is 27.8 Å². The molecule has 0 amide bonds. The van der Waals surface area contributed by atoms with Gasteiger partial charge < -0.3 is 9.47 Å². The van der Waals surface area contributed by atoms with Crippen LogP contribution in [0.15, 0.2) is 0 Å². The monoisotopic (exact) mass is 294 g/mol. The zero-order chi connectivity index (χ0) is 16.2. The van der Waals surface area contributed by atoms with Gasteiger partial charge in [-0.05, 0) is 40.5 Å². The van der Waals surface area contributed by atoms with Crippen LogP contribution in [0.5, 0.6) is 0 Å². The standard InChI is InChI=1S/C14H24F2O4/c1-7-9-19-11(18)14(15,16)13(5,6)20-10(17)12(3,4)8-2/h7-9H2,1-6H3. The van der Waals surface area contributed by atoms with Crippen LogP contribution in [0.25, 0.3) is 0 Å². The van der Waals surface area contributed by atoms with E-state index in [4.69, 9.17) is 4.74 Å². The summed E-state index contributed by atoms with van der Waals surface area (Å²) in [5.74, 6) is -6.35. The molecule has 20 heavy (non-hydrogen) atoms. The predicted molar refractivity (Wildman–Crippen MR) is 70.4 cm³/mol. The van der Waals surface area contributed by atoms with Gasteiger partial charge in [-0.1, -0.05) is 13.8 Å². The fourth-order valence-corrected chi connectivity index (χ4v) is 1.11. The van der Waals surface area contributed by atoms with Gasteiger partial charge in [0.25, 0.3) is 0 Å². The molecule has 0 heterocycles. The lowest BCUT2D eigenvalue weighted by atomic mass is 9.90. The molecule has 118 valence electrons. The molecule has 0 aliphatic rings. The second-order valence-corrected chi connectivity index (χ2v) is 5.85. The first kappa shape index (κ1) is 18.8. The molecule has 6 heteroatoms. The van der Waals surface area contributed by atoms with Gasteiger partial charge in [-0.3, -0.25) is 4.79 Å². The second-order valence-electron chi connectivity index (χ2n) is 5.85. The number of alkyl halides is 2. The maximum Gasteiger partial charge on any atom is 0.381 e. The van der Waals surface area contributed by atoms with E-state index in [2.05, 4.69) is 4.74 Å². The van der Waals surface area contributed by atoms with Gasteiger partial charge in [0.1, 0.15) is 0 Å². The van der Waals surface area contributed by atoms with Crippen LogP contribution in [0.1, 0.15) is 54.4 Å². The van der Waals surface area contributed by atoms with Gasteiger partial charge in [0, 0.05) is 0 Å². The van der Waals surface area contributed by atoms with Crippen LogP contribution in [0.4, 0.5) is 8.78 Å². The van der Waals surface area contributed by atoms with Gasteiger partial charge in [-0.15, -0.1) is 0 Å². The predicted octanol–water partition coefficient (Wildman–Crippen LogP) is 3.33. The summed E-state index contributed by atoms with van der Waals surface area (Å²) in [6.07, 6.45) is 0.874. The summed E-state index contributed by atoms with van der Waals surface area (Å²) in [7, 11) is 0. The van der Waals surface area contributed by atoms with Crippen molar-refractivity contribution in [3.63, 3.8) is 0 Å². The number of hydrogen-bond donors (Lipinski definition) is 0. The molecular weight excluding hydrogens is 270 g/mol. The van der Waals surface area contributed by atoms with E-state index in [9.17, 15) is 18.4 Å². The van der Waals surface area contributed by atoms with E-state index < -0.39 is 28.9 Å². The highest BCUT2D eigenvalue weighted by molar-refractivity contribution is 5.81. The molecule has 0 aromatic carbocycles. The highest BCUT2D eigenvalue weighted by Crippen LogP contribution is 2.35. The molecule has 0 radical (unpaired) electrons. The summed E-state index contributed by atoms with van der Waals surface area (Å²) in [5, 5.41) is 0. The molecule has 0 N–H and O–H groups in total. The summed E-state index contributed by atoms with van der Waals surface area (Å²) in [4.78, 5) is 23.3. The molecule has 0 fully saturated rings. The fourth-order valence-electron chi connectivity index (χ4n) is 1.11. The Labute approximate surface area is 118 Å². The molecule has 0 rings (SSSR count). The lowest BCUT2D eigenvalue weighted by Gasteiger charge is -2.34. The van der Waals surface area contributed by atoms with Crippen LogP contribution in [0.3, 0.4) is 0 Å². The summed E-state index contributed by atoms with van der Waals surface area (Å²) < 4.78 is 37.4. The van der Waals surface area contributed by atoms with Crippen LogP contribution in [-0.2, 0) is 19.1 Å². The van der Waals surface area contributed by atoms with E-state index in [1.165, 1.54) is 0 Å². The van der Waals surface area contributed by atoms with E-state index in [0.717, 1.165) is 13.8 Å². The van der Waals surface area contributed by atoms with Crippen molar-refractivity contribution in [1.82, 2.24) is 0 Å². The Morgan fingerprint density at radius 2 is 1.50 bits per heavy atom. The molecule has 0 saturated heterocycles. The Hall–Kier alpha value is -1.20. The summed E-state index contributed by atoms with van der Waals surface area (Å²) in [6.45, 7) is 8.55. The number of hydrogen-bond acceptors (Lipinski definition) is 4. The number of ether oxygens (including phenoxy) is 2. The number of rotatable bonds is 7. The molecule has 0 saturated carbocycles. The van der Waals surface area contributed by atoms with Crippen molar-refractivity contribution >= 4 is 11.9 Å². The van der Waals surface area contributed by atoms with Crippen molar-refractivity contribution in [3.8, 4) is 0 Å². The van der Waals surface area contributed by atoms with Crippen molar-refractivity contribution in [2.75, 3.05) is 6.61 Å². The minimum atomic E-state index is -3.90. The van der Waals surface area contributed by atoms with Crippen LogP contribution in [-0.4, -0.2) is 30.1 Å². The molecular formula is C14H24F2O4. The van der Waals surface area contributed by atoms with Gasteiger partial charge in [-0.25, -0.2) is 4.79 Å². The smallest absolute Gasteiger partial charge is 0.381 e. The minimum Gasteiger partial charge on any atom is -0.461 e. The summed E-state index contributed by atoms with van der Waals surface area (Å²) >= 11 is 0. The number of esters is 2. The Morgan fingerprint density at radius 3 is 1.90 bits per heavy atom. The normalized spacial score (nSPS) is 13.0. The minimum absolute atomic E-state index is 0.0983. The zero-order valence-electron chi connectivity index (χ0n) is 13.0. The third-order valence-corrected chi connectivity index (χ3v) is 3.23. The van der Waals surface area contributed by atoms with Crippen LogP contribution in [0, 0.1) is 5.41 Å². The number of carbonyl (C=O) groups excluding carboxylic acids is 2. The average molecular weight is 294 g/mol. The third-order valence-electron chi connectivity index (χ3n) is 3.23. The summed E-state index contributed by atoms with van der Waals surface area (Å²) in [5.41, 5.74) is -3.15. The SMILES string of the molecule is CCCOC(=O)C(F)(F)C(C)(C)OC(=O)C(C)(C)CC. The number of carbonyl (C=O) groups is 2. The number of halogens is 2. The highest BCUT2D eigenvalue weighted by atomic mass is 19.3. The average Bonchev–Trinajstić information content (AvgIpc) is 2.34. The lowest BCUT2D eigenvalue weighted by Crippen LogP contribution is -2.53. The highest BCUT2D eigenvalue weighted by Gasteiger charge is 2.58. The quantitative estimate of drug-likeness (QED) is 0.676.